The second-order valence-electron chi connectivity index (χ2n) is 8.12. The van der Waals surface area contributed by atoms with Crippen LogP contribution in [0, 0.1) is 6.92 Å². The summed E-state index contributed by atoms with van der Waals surface area (Å²) < 4.78 is 2.23. The van der Waals surface area contributed by atoms with Crippen LogP contribution in [0.3, 0.4) is 0 Å². The molecule has 32 heavy (non-hydrogen) atoms. The van der Waals surface area contributed by atoms with E-state index < -0.39 is 0 Å². The van der Waals surface area contributed by atoms with E-state index in [1.807, 2.05) is 36.4 Å². The van der Waals surface area contributed by atoms with Crippen molar-refractivity contribution in [2.45, 2.75) is 13.5 Å². The standard InChI is InChI=1S/C27H26N2O3/c1-18-24-16-23(31)13-14-25(24)29(27(18)21-9-11-22(30)12-10-21)17-20-6-4-19(5-7-20)8-15-26(32)28(2)3/h4-16,30-31H,17H2,1-3H3/b15-8+. The zero-order valence-electron chi connectivity index (χ0n) is 18.4. The molecule has 4 rings (SSSR count). The fraction of sp³-hybridized carbons (Fsp3) is 0.148. The van der Waals surface area contributed by atoms with Gasteiger partial charge in [-0.25, -0.2) is 0 Å². The van der Waals surface area contributed by atoms with Crippen molar-refractivity contribution >= 4 is 22.9 Å². The molecule has 0 spiro atoms. The Labute approximate surface area is 187 Å². The van der Waals surface area contributed by atoms with Gasteiger partial charge in [-0.1, -0.05) is 24.3 Å². The number of carbonyl (C=O) groups excluding carboxylic acids is 1. The van der Waals surface area contributed by atoms with Crippen LogP contribution in [0.2, 0.25) is 0 Å². The van der Waals surface area contributed by atoms with E-state index in [0.29, 0.717) is 6.54 Å². The number of phenolic OH excluding ortho intramolecular Hbond substituents is 2. The van der Waals surface area contributed by atoms with Crippen LogP contribution in [0.5, 0.6) is 11.5 Å². The normalized spacial score (nSPS) is 11.3. The highest BCUT2D eigenvalue weighted by molar-refractivity contribution is 5.93. The molecule has 0 atom stereocenters. The largest absolute Gasteiger partial charge is 0.508 e. The van der Waals surface area contributed by atoms with Crippen molar-refractivity contribution in [3.63, 3.8) is 0 Å². The molecule has 1 heterocycles. The Morgan fingerprint density at radius 2 is 1.59 bits per heavy atom. The minimum absolute atomic E-state index is 0.0508. The van der Waals surface area contributed by atoms with Crippen LogP contribution in [0.1, 0.15) is 16.7 Å². The number of likely N-dealkylation sites (N-methyl/N-ethyl adjacent to an activating group) is 1. The average Bonchev–Trinajstić information content (AvgIpc) is 3.04. The predicted octanol–water partition coefficient (Wildman–Crippen LogP) is 5.18. The molecule has 0 aliphatic rings. The van der Waals surface area contributed by atoms with Crippen LogP contribution >= 0.6 is 0 Å². The molecule has 0 aliphatic carbocycles. The lowest BCUT2D eigenvalue weighted by Gasteiger charge is -2.13. The molecular formula is C27H26N2O3. The summed E-state index contributed by atoms with van der Waals surface area (Å²) >= 11 is 0. The smallest absolute Gasteiger partial charge is 0.246 e. The first-order valence-corrected chi connectivity index (χ1v) is 10.4. The highest BCUT2D eigenvalue weighted by atomic mass is 16.3. The van der Waals surface area contributed by atoms with Gasteiger partial charge in [-0.15, -0.1) is 0 Å². The van der Waals surface area contributed by atoms with Gasteiger partial charge < -0.3 is 19.7 Å². The van der Waals surface area contributed by atoms with Gasteiger partial charge in [-0.05, 0) is 77.7 Å². The number of hydrogen-bond donors (Lipinski definition) is 2. The van der Waals surface area contributed by atoms with E-state index in [0.717, 1.165) is 38.9 Å². The number of aromatic nitrogens is 1. The summed E-state index contributed by atoms with van der Waals surface area (Å²) in [5.74, 6) is 0.409. The molecule has 1 aromatic heterocycles. The zero-order chi connectivity index (χ0) is 22.8. The van der Waals surface area contributed by atoms with Crippen LogP contribution in [-0.2, 0) is 11.3 Å². The maximum atomic E-state index is 11.8. The quantitative estimate of drug-likeness (QED) is 0.432. The molecule has 0 unspecified atom stereocenters. The number of rotatable bonds is 5. The molecule has 0 saturated heterocycles. The van der Waals surface area contributed by atoms with Gasteiger partial charge in [0.05, 0.1) is 5.69 Å². The molecule has 0 bridgehead atoms. The highest BCUT2D eigenvalue weighted by Crippen LogP contribution is 2.36. The van der Waals surface area contributed by atoms with E-state index in [1.165, 1.54) is 4.90 Å². The molecule has 1 amide bonds. The maximum absolute atomic E-state index is 11.8. The molecule has 2 N–H and O–H groups in total. The van der Waals surface area contributed by atoms with Gasteiger partial charge in [0.1, 0.15) is 11.5 Å². The summed E-state index contributed by atoms with van der Waals surface area (Å²) in [6.07, 6.45) is 3.37. The van der Waals surface area contributed by atoms with Gasteiger partial charge in [0, 0.05) is 37.6 Å². The third kappa shape index (κ3) is 4.23. The summed E-state index contributed by atoms with van der Waals surface area (Å²) in [7, 11) is 3.45. The number of aromatic hydroxyl groups is 2. The lowest BCUT2D eigenvalue weighted by molar-refractivity contribution is -0.123. The Morgan fingerprint density at radius 1 is 0.938 bits per heavy atom. The SMILES string of the molecule is Cc1c(-c2ccc(O)cc2)n(Cc2ccc(/C=C/C(=O)N(C)C)cc2)c2ccc(O)cc12. The molecule has 0 saturated carbocycles. The third-order valence-electron chi connectivity index (χ3n) is 5.62. The summed E-state index contributed by atoms with van der Waals surface area (Å²) in [4.78, 5) is 13.3. The van der Waals surface area contributed by atoms with E-state index in [1.54, 1.807) is 44.4 Å². The van der Waals surface area contributed by atoms with Gasteiger partial charge in [-0.3, -0.25) is 4.79 Å². The number of amides is 1. The first kappa shape index (κ1) is 21.2. The van der Waals surface area contributed by atoms with E-state index >= 15 is 0 Å². The summed E-state index contributed by atoms with van der Waals surface area (Å²) in [5, 5.41) is 20.7. The van der Waals surface area contributed by atoms with Crippen LogP contribution in [-0.4, -0.2) is 39.7 Å². The van der Waals surface area contributed by atoms with Crippen molar-refractivity contribution in [3.05, 3.63) is 89.5 Å². The summed E-state index contributed by atoms with van der Waals surface area (Å²) in [6, 6.07) is 20.7. The molecule has 162 valence electrons. The first-order valence-electron chi connectivity index (χ1n) is 10.4. The van der Waals surface area contributed by atoms with Gasteiger partial charge in [0.2, 0.25) is 5.91 Å². The average molecular weight is 427 g/mol. The van der Waals surface area contributed by atoms with Crippen molar-refractivity contribution in [1.82, 2.24) is 9.47 Å². The van der Waals surface area contributed by atoms with Crippen molar-refractivity contribution < 1.29 is 15.0 Å². The molecule has 4 aromatic rings. The number of benzene rings is 3. The third-order valence-corrected chi connectivity index (χ3v) is 5.62. The Kier molecular flexibility index (Phi) is 5.73. The molecule has 0 aliphatic heterocycles. The Balaban J connectivity index is 1.73. The number of carbonyl (C=O) groups is 1. The Hall–Kier alpha value is -3.99. The minimum Gasteiger partial charge on any atom is -0.508 e. The van der Waals surface area contributed by atoms with E-state index in [-0.39, 0.29) is 17.4 Å². The molecule has 5 nitrogen and oxygen atoms in total. The molecule has 0 fully saturated rings. The number of nitrogens with zero attached hydrogens (tertiary/aromatic N) is 2. The fourth-order valence-corrected chi connectivity index (χ4v) is 3.90. The van der Waals surface area contributed by atoms with Crippen LogP contribution < -0.4 is 0 Å². The van der Waals surface area contributed by atoms with E-state index in [2.05, 4.69) is 23.6 Å². The summed E-state index contributed by atoms with van der Waals surface area (Å²) in [6.45, 7) is 2.70. The molecule has 5 heteroatoms. The zero-order valence-corrected chi connectivity index (χ0v) is 18.4. The summed E-state index contributed by atoms with van der Waals surface area (Å²) in [5.41, 5.74) is 6.23. The monoisotopic (exact) mass is 426 g/mol. The van der Waals surface area contributed by atoms with Gasteiger partial charge >= 0.3 is 0 Å². The number of fused-ring (bicyclic) bond motifs is 1. The highest BCUT2D eigenvalue weighted by Gasteiger charge is 2.16. The predicted molar refractivity (Wildman–Crippen MR) is 129 cm³/mol. The Bertz CT molecular complexity index is 1300. The second kappa shape index (κ2) is 8.63. The molecule has 0 radical (unpaired) electrons. The van der Waals surface area contributed by atoms with E-state index in [4.69, 9.17) is 0 Å². The van der Waals surface area contributed by atoms with Gasteiger partial charge in [0.25, 0.3) is 0 Å². The fourth-order valence-electron chi connectivity index (χ4n) is 3.90. The maximum Gasteiger partial charge on any atom is 0.246 e. The van der Waals surface area contributed by atoms with E-state index in [9.17, 15) is 15.0 Å². The lowest BCUT2D eigenvalue weighted by Crippen LogP contribution is -2.18. The second-order valence-corrected chi connectivity index (χ2v) is 8.12. The van der Waals surface area contributed by atoms with Crippen molar-refractivity contribution in [2.24, 2.45) is 0 Å². The molecule has 3 aromatic carbocycles. The van der Waals surface area contributed by atoms with Crippen molar-refractivity contribution in [3.8, 4) is 22.8 Å². The first-order chi connectivity index (χ1) is 15.3. The van der Waals surface area contributed by atoms with Crippen molar-refractivity contribution in [2.75, 3.05) is 14.1 Å². The number of phenols is 2. The van der Waals surface area contributed by atoms with Crippen LogP contribution in [0.4, 0.5) is 0 Å². The van der Waals surface area contributed by atoms with Crippen LogP contribution in [0.15, 0.2) is 72.8 Å². The number of hydrogen-bond acceptors (Lipinski definition) is 3. The minimum atomic E-state index is -0.0508. The number of aryl methyl sites for hydroxylation is 1. The van der Waals surface area contributed by atoms with Crippen molar-refractivity contribution in [1.29, 1.82) is 0 Å². The topological polar surface area (TPSA) is 65.7 Å². The van der Waals surface area contributed by atoms with Gasteiger partial charge in [0.15, 0.2) is 0 Å². The molecular weight excluding hydrogens is 400 g/mol. The van der Waals surface area contributed by atoms with Gasteiger partial charge in [-0.2, -0.15) is 0 Å². The Morgan fingerprint density at radius 3 is 2.25 bits per heavy atom. The van der Waals surface area contributed by atoms with Crippen LogP contribution in [0.25, 0.3) is 28.2 Å². The lowest BCUT2D eigenvalue weighted by atomic mass is 10.1.